The molecule has 2 aliphatic rings. The number of hydrogen-bond donors (Lipinski definition) is 1. The molecule has 0 bridgehead atoms. The fourth-order valence-corrected chi connectivity index (χ4v) is 2.75. The van der Waals surface area contributed by atoms with E-state index in [1.807, 2.05) is 6.07 Å². The first-order chi connectivity index (χ1) is 9.33. The number of nitrogens with zero attached hydrogens (tertiary/aromatic N) is 1. The van der Waals surface area contributed by atoms with Crippen LogP contribution in [0.25, 0.3) is 0 Å². The minimum Gasteiger partial charge on any atom is -0.490 e. The molecule has 2 heterocycles. The molecule has 104 valence electrons. The summed E-state index contributed by atoms with van der Waals surface area (Å²) >= 11 is 0. The van der Waals surface area contributed by atoms with Gasteiger partial charge in [0.2, 0.25) is 0 Å². The zero-order valence-corrected chi connectivity index (χ0v) is 11.5. The second-order valence-corrected chi connectivity index (χ2v) is 5.42. The lowest BCUT2D eigenvalue weighted by Gasteiger charge is -2.23. The molecular weight excluding hydrogens is 240 g/mol. The molecular formula is C15H22N2O2. The van der Waals surface area contributed by atoms with Gasteiger partial charge in [-0.3, -0.25) is 0 Å². The highest BCUT2D eigenvalue weighted by atomic mass is 16.5. The highest BCUT2D eigenvalue weighted by Crippen LogP contribution is 2.33. The van der Waals surface area contributed by atoms with Crippen molar-refractivity contribution < 1.29 is 9.47 Å². The number of fused-ring (bicyclic) bond motifs is 1. The van der Waals surface area contributed by atoms with Crippen molar-refractivity contribution >= 4 is 5.69 Å². The highest BCUT2D eigenvalue weighted by Gasteiger charge is 2.18. The van der Waals surface area contributed by atoms with Gasteiger partial charge in [0.15, 0.2) is 11.5 Å². The van der Waals surface area contributed by atoms with Crippen molar-refractivity contribution in [3.05, 3.63) is 18.2 Å². The SMILES string of the molecule is CN(CC1CCNC1)c1ccc2c(c1)OCCCO2. The van der Waals surface area contributed by atoms with Crippen LogP contribution in [-0.2, 0) is 0 Å². The smallest absolute Gasteiger partial charge is 0.163 e. The Morgan fingerprint density at radius 2 is 2.11 bits per heavy atom. The Morgan fingerprint density at radius 3 is 2.89 bits per heavy atom. The molecule has 0 saturated carbocycles. The Balaban J connectivity index is 1.71. The largest absolute Gasteiger partial charge is 0.490 e. The Bertz CT molecular complexity index is 430. The van der Waals surface area contributed by atoms with Crippen LogP contribution in [0.5, 0.6) is 11.5 Å². The van der Waals surface area contributed by atoms with E-state index in [0.29, 0.717) is 0 Å². The van der Waals surface area contributed by atoms with Crippen LogP contribution in [0.15, 0.2) is 18.2 Å². The van der Waals surface area contributed by atoms with Crippen molar-refractivity contribution in [3.8, 4) is 11.5 Å². The van der Waals surface area contributed by atoms with E-state index in [2.05, 4.69) is 29.4 Å². The van der Waals surface area contributed by atoms with Gasteiger partial charge >= 0.3 is 0 Å². The molecule has 0 spiro atoms. The maximum atomic E-state index is 5.75. The third-order valence-electron chi connectivity index (χ3n) is 3.87. The number of nitrogens with one attached hydrogen (secondary N) is 1. The van der Waals surface area contributed by atoms with Crippen LogP contribution in [0.1, 0.15) is 12.8 Å². The average molecular weight is 262 g/mol. The van der Waals surface area contributed by atoms with Crippen LogP contribution >= 0.6 is 0 Å². The molecule has 0 amide bonds. The number of rotatable bonds is 3. The molecule has 1 aromatic rings. The summed E-state index contributed by atoms with van der Waals surface area (Å²) in [7, 11) is 2.15. The maximum absolute atomic E-state index is 5.75. The van der Waals surface area contributed by atoms with Gasteiger partial charge in [0.25, 0.3) is 0 Å². The molecule has 1 unspecified atom stereocenters. The van der Waals surface area contributed by atoms with Gasteiger partial charge in [0.05, 0.1) is 13.2 Å². The van der Waals surface area contributed by atoms with Gasteiger partial charge in [0, 0.05) is 31.8 Å². The van der Waals surface area contributed by atoms with Gasteiger partial charge in [-0.2, -0.15) is 0 Å². The van der Waals surface area contributed by atoms with Gasteiger partial charge in [-0.25, -0.2) is 0 Å². The van der Waals surface area contributed by atoms with Crippen LogP contribution in [0.2, 0.25) is 0 Å². The lowest BCUT2D eigenvalue weighted by Crippen LogP contribution is -2.26. The molecule has 1 saturated heterocycles. The number of anilines is 1. The van der Waals surface area contributed by atoms with Crippen LogP contribution in [-0.4, -0.2) is 39.9 Å². The highest BCUT2D eigenvalue weighted by molar-refractivity contribution is 5.56. The molecule has 4 heteroatoms. The molecule has 3 rings (SSSR count). The third-order valence-corrected chi connectivity index (χ3v) is 3.87. The van der Waals surface area contributed by atoms with Crippen molar-refractivity contribution in [1.82, 2.24) is 5.32 Å². The molecule has 2 aliphatic heterocycles. The molecule has 4 nitrogen and oxygen atoms in total. The van der Waals surface area contributed by atoms with Gasteiger partial charge in [-0.1, -0.05) is 0 Å². The zero-order valence-electron chi connectivity index (χ0n) is 11.5. The second kappa shape index (κ2) is 5.70. The van der Waals surface area contributed by atoms with Crippen molar-refractivity contribution in [2.24, 2.45) is 5.92 Å². The summed E-state index contributed by atoms with van der Waals surface area (Å²) in [5, 5.41) is 3.42. The number of ether oxygens (including phenoxy) is 2. The van der Waals surface area contributed by atoms with Crippen LogP contribution in [0, 0.1) is 5.92 Å². The van der Waals surface area contributed by atoms with E-state index >= 15 is 0 Å². The van der Waals surface area contributed by atoms with Crippen molar-refractivity contribution in [2.45, 2.75) is 12.8 Å². The summed E-state index contributed by atoms with van der Waals surface area (Å²) in [6.07, 6.45) is 2.22. The van der Waals surface area contributed by atoms with E-state index < -0.39 is 0 Å². The number of hydrogen-bond acceptors (Lipinski definition) is 4. The summed E-state index contributed by atoms with van der Waals surface area (Å²) in [6.45, 7) is 4.86. The van der Waals surface area contributed by atoms with Crippen LogP contribution in [0.4, 0.5) is 5.69 Å². The first kappa shape index (κ1) is 12.6. The van der Waals surface area contributed by atoms with E-state index in [9.17, 15) is 0 Å². The number of benzene rings is 1. The Hall–Kier alpha value is -1.42. The predicted molar refractivity (Wildman–Crippen MR) is 76.3 cm³/mol. The Labute approximate surface area is 114 Å². The lowest BCUT2D eigenvalue weighted by molar-refractivity contribution is 0.297. The van der Waals surface area contributed by atoms with Crippen LogP contribution in [0.3, 0.4) is 0 Å². The minimum atomic E-state index is 0.743. The average Bonchev–Trinajstić information content (AvgIpc) is 2.81. The summed E-state index contributed by atoms with van der Waals surface area (Å²) in [4.78, 5) is 2.31. The molecule has 1 N–H and O–H groups in total. The molecule has 0 radical (unpaired) electrons. The molecule has 1 fully saturated rings. The van der Waals surface area contributed by atoms with Gasteiger partial charge in [-0.05, 0) is 37.6 Å². The van der Waals surface area contributed by atoms with E-state index in [1.54, 1.807) is 0 Å². The van der Waals surface area contributed by atoms with Crippen molar-refractivity contribution in [1.29, 1.82) is 0 Å². The summed E-state index contributed by atoms with van der Waals surface area (Å²) in [5.74, 6) is 2.50. The minimum absolute atomic E-state index is 0.743. The molecule has 0 aromatic heterocycles. The normalized spacial score (nSPS) is 22.1. The second-order valence-electron chi connectivity index (χ2n) is 5.42. The standard InChI is InChI=1S/C15H22N2O2/c1-17(11-12-5-6-16-10-12)13-3-4-14-15(9-13)19-8-2-7-18-14/h3-4,9,12,16H,2,5-8,10-11H2,1H3. The molecule has 1 atom stereocenters. The molecule has 1 aromatic carbocycles. The topological polar surface area (TPSA) is 33.7 Å². The quantitative estimate of drug-likeness (QED) is 0.902. The van der Waals surface area contributed by atoms with Gasteiger partial charge in [-0.15, -0.1) is 0 Å². The Morgan fingerprint density at radius 1 is 1.26 bits per heavy atom. The monoisotopic (exact) mass is 262 g/mol. The zero-order chi connectivity index (χ0) is 13.1. The van der Waals surface area contributed by atoms with Crippen LogP contribution < -0.4 is 19.7 Å². The first-order valence-electron chi connectivity index (χ1n) is 7.14. The third kappa shape index (κ3) is 2.95. The van der Waals surface area contributed by atoms with Gasteiger partial charge < -0.3 is 19.7 Å². The van der Waals surface area contributed by atoms with Gasteiger partial charge in [0.1, 0.15) is 0 Å². The molecule has 0 aliphatic carbocycles. The first-order valence-corrected chi connectivity index (χ1v) is 7.14. The fourth-order valence-electron chi connectivity index (χ4n) is 2.75. The van der Waals surface area contributed by atoms with E-state index in [0.717, 1.165) is 56.7 Å². The summed E-state index contributed by atoms with van der Waals surface area (Å²) < 4.78 is 11.4. The van der Waals surface area contributed by atoms with Crippen molar-refractivity contribution in [2.75, 3.05) is 44.8 Å². The van der Waals surface area contributed by atoms with E-state index in [1.165, 1.54) is 12.1 Å². The summed E-state index contributed by atoms with van der Waals surface area (Å²) in [6, 6.07) is 6.25. The molecule has 19 heavy (non-hydrogen) atoms. The van der Waals surface area contributed by atoms with E-state index in [4.69, 9.17) is 9.47 Å². The predicted octanol–water partition coefficient (Wildman–Crippen LogP) is 1.89. The Kier molecular flexibility index (Phi) is 3.78. The lowest BCUT2D eigenvalue weighted by atomic mass is 10.1. The maximum Gasteiger partial charge on any atom is 0.163 e. The fraction of sp³-hybridized carbons (Fsp3) is 0.600. The van der Waals surface area contributed by atoms with Crippen molar-refractivity contribution in [3.63, 3.8) is 0 Å². The van der Waals surface area contributed by atoms with E-state index in [-0.39, 0.29) is 0 Å². The summed E-state index contributed by atoms with van der Waals surface area (Å²) in [5.41, 5.74) is 1.20.